The van der Waals surface area contributed by atoms with Gasteiger partial charge in [-0.15, -0.1) is 0 Å². The summed E-state index contributed by atoms with van der Waals surface area (Å²) < 4.78 is 15.6. The zero-order valence-electron chi connectivity index (χ0n) is 17.4. The Bertz CT molecular complexity index is 1380. The van der Waals surface area contributed by atoms with Crippen LogP contribution < -0.4 is 4.74 Å². The van der Waals surface area contributed by atoms with Gasteiger partial charge in [-0.1, -0.05) is 11.3 Å². The van der Waals surface area contributed by atoms with Crippen LogP contribution in [-0.2, 0) is 11.2 Å². The molecule has 8 nitrogen and oxygen atoms in total. The third-order valence-corrected chi connectivity index (χ3v) is 6.68. The normalized spacial score (nSPS) is 19.5. The van der Waals surface area contributed by atoms with Gasteiger partial charge < -0.3 is 14.0 Å². The number of hydrogen-bond acceptors (Lipinski definition) is 7. The first-order chi connectivity index (χ1) is 15.2. The fourth-order valence-electron chi connectivity index (χ4n) is 4.59. The Morgan fingerprint density at radius 3 is 3.03 bits per heavy atom. The largest absolute Gasteiger partial charge is 0.497 e. The molecule has 0 unspecified atom stereocenters. The molecule has 6 rings (SSSR count). The van der Waals surface area contributed by atoms with Crippen LogP contribution in [0.25, 0.3) is 26.9 Å². The molecule has 0 amide bonds. The number of imidazole rings is 2. The molecule has 1 aliphatic rings. The molecule has 4 aromatic heterocycles. The highest BCUT2D eigenvalue weighted by molar-refractivity contribution is 7.14. The fraction of sp³-hybridized carbons (Fsp3) is 0.364. The molecule has 0 spiro atoms. The Labute approximate surface area is 182 Å². The van der Waals surface area contributed by atoms with Gasteiger partial charge in [0.2, 0.25) is 4.96 Å². The Balaban J connectivity index is 1.56. The van der Waals surface area contributed by atoms with E-state index in [4.69, 9.17) is 19.4 Å². The van der Waals surface area contributed by atoms with Crippen molar-refractivity contribution in [3.8, 4) is 5.75 Å². The van der Waals surface area contributed by atoms with E-state index in [9.17, 15) is 0 Å². The minimum atomic E-state index is 0.217. The van der Waals surface area contributed by atoms with E-state index in [2.05, 4.69) is 27.6 Å². The highest BCUT2D eigenvalue weighted by Crippen LogP contribution is 2.35. The van der Waals surface area contributed by atoms with Gasteiger partial charge in [-0.2, -0.15) is 5.10 Å². The van der Waals surface area contributed by atoms with Gasteiger partial charge in [0.25, 0.3) is 0 Å². The molecule has 9 heteroatoms. The second-order valence-corrected chi connectivity index (χ2v) is 8.82. The van der Waals surface area contributed by atoms with Crippen molar-refractivity contribution in [1.82, 2.24) is 29.1 Å². The molecule has 0 saturated carbocycles. The van der Waals surface area contributed by atoms with E-state index >= 15 is 0 Å². The molecular formula is C22H22N6O2S. The summed E-state index contributed by atoms with van der Waals surface area (Å²) in [5, 5.41) is 5.37. The lowest BCUT2D eigenvalue weighted by Crippen LogP contribution is -2.26. The Hall–Kier alpha value is -3.04. The van der Waals surface area contributed by atoms with Crippen molar-refractivity contribution in [2.24, 2.45) is 0 Å². The van der Waals surface area contributed by atoms with Gasteiger partial charge in [0, 0.05) is 24.5 Å². The quantitative estimate of drug-likeness (QED) is 0.425. The molecule has 1 saturated heterocycles. The lowest BCUT2D eigenvalue weighted by Gasteiger charge is -2.30. The number of fused-ring (bicyclic) bond motifs is 4. The number of methoxy groups -OCH3 is 1. The number of nitrogens with zero attached hydrogens (tertiary/aromatic N) is 6. The van der Waals surface area contributed by atoms with Gasteiger partial charge in [0.05, 0.1) is 42.3 Å². The van der Waals surface area contributed by atoms with E-state index in [1.165, 1.54) is 11.3 Å². The summed E-state index contributed by atoms with van der Waals surface area (Å²) in [4.78, 5) is 15.3. The van der Waals surface area contributed by atoms with Crippen LogP contribution in [0.2, 0.25) is 0 Å². The van der Waals surface area contributed by atoms with Crippen LogP contribution in [0.1, 0.15) is 37.3 Å². The molecule has 5 aromatic rings. The SMILES string of the molecule is COc1ccc2ncc3nc(Cc4cn5ncsc5n4)n([C@@H]4CCO[C@H](C)C4)c3c2c1. The molecule has 0 radical (unpaired) electrons. The predicted molar refractivity (Wildman–Crippen MR) is 119 cm³/mol. The van der Waals surface area contributed by atoms with E-state index in [0.717, 1.165) is 63.6 Å². The van der Waals surface area contributed by atoms with Crippen molar-refractivity contribution >= 4 is 38.2 Å². The minimum absolute atomic E-state index is 0.217. The fourth-order valence-corrected chi connectivity index (χ4v) is 5.21. The highest BCUT2D eigenvalue weighted by Gasteiger charge is 2.27. The Kier molecular flexibility index (Phi) is 4.39. The first kappa shape index (κ1) is 18.7. The zero-order chi connectivity index (χ0) is 20.9. The van der Waals surface area contributed by atoms with Crippen LogP contribution in [0.5, 0.6) is 5.75 Å². The van der Waals surface area contributed by atoms with E-state index in [1.54, 1.807) is 12.6 Å². The van der Waals surface area contributed by atoms with Crippen molar-refractivity contribution < 1.29 is 9.47 Å². The van der Waals surface area contributed by atoms with E-state index in [1.807, 2.05) is 29.0 Å². The van der Waals surface area contributed by atoms with Gasteiger partial charge in [0.1, 0.15) is 22.6 Å². The van der Waals surface area contributed by atoms with Gasteiger partial charge in [-0.05, 0) is 38.0 Å². The van der Waals surface area contributed by atoms with Gasteiger partial charge >= 0.3 is 0 Å². The molecule has 0 bridgehead atoms. The summed E-state index contributed by atoms with van der Waals surface area (Å²) in [6.45, 7) is 2.89. The van der Waals surface area contributed by atoms with Crippen molar-refractivity contribution in [2.45, 2.75) is 38.3 Å². The summed E-state index contributed by atoms with van der Waals surface area (Å²) >= 11 is 1.54. The number of pyridine rings is 1. The number of aromatic nitrogens is 6. The zero-order valence-corrected chi connectivity index (χ0v) is 18.2. The van der Waals surface area contributed by atoms with Crippen molar-refractivity contribution in [3.63, 3.8) is 0 Å². The second-order valence-electron chi connectivity index (χ2n) is 8.01. The lowest BCUT2D eigenvalue weighted by molar-refractivity contribution is 0.00631. The topological polar surface area (TPSA) is 79.4 Å². The lowest BCUT2D eigenvalue weighted by atomic mass is 10.0. The molecule has 0 aliphatic carbocycles. The van der Waals surface area contributed by atoms with Gasteiger partial charge in [-0.25, -0.2) is 14.5 Å². The summed E-state index contributed by atoms with van der Waals surface area (Å²) in [6.07, 6.45) is 6.63. The van der Waals surface area contributed by atoms with Crippen LogP contribution >= 0.6 is 11.3 Å². The summed E-state index contributed by atoms with van der Waals surface area (Å²) in [5.74, 6) is 1.81. The van der Waals surface area contributed by atoms with Crippen molar-refractivity contribution in [1.29, 1.82) is 0 Å². The number of ether oxygens (including phenoxy) is 2. The maximum Gasteiger partial charge on any atom is 0.212 e. The molecule has 2 atom stereocenters. The molecule has 5 heterocycles. The summed E-state index contributed by atoms with van der Waals surface area (Å²) in [7, 11) is 1.69. The van der Waals surface area contributed by atoms with Crippen LogP contribution in [0.3, 0.4) is 0 Å². The first-order valence-corrected chi connectivity index (χ1v) is 11.3. The van der Waals surface area contributed by atoms with Crippen LogP contribution in [0.15, 0.2) is 36.1 Å². The van der Waals surface area contributed by atoms with Crippen molar-refractivity contribution in [3.05, 3.63) is 47.6 Å². The number of hydrogen-bond donors (Lipinski definition) is 0. The summed E-state index contributed by atoms with van der Waals surface area (Å²) in [5.41, 5.74) is 5.71. The molecule has 158 valence electrons. The van der Waals surface area contributed by atoms with Gasteiger partial charge in [0.15, 0.2) is 0 Å². The van der Waals surface area contributed by atoms with Crippen LogP contribution in [-0.4, -0.2) is 49.0 Å². The number of rotatable bonds is 4. The highest BCUT2D eigenvalue weighted by atomic mass is 32.1. The minimum Gasteiger partial charge on any atom is -0.497 e. The predicted octanol–water partition coefficient (Wildman–Crippen LogP) is 4.03. The third-order valence-electron chi connectivity index (χ3n) is 5.99. The molecule has 31 heavy (non-hydrogen) atoms. The monoisotopic (exact) mass is 434 g/mol. The smallest absolute Gasteiger partial charge is 0.212 e. The maximum atomic E-state index is 5.84. The van der Waals surface area contributed by atoms with E-state index in [-0.39, 0.29) is 6.10 Å². The van der Waals surface area contributed by atoms with Gasteiger partial charge in [-0.3, -0.25) is 4.98 Å². The molecule has 1 fully saturated rings. The van der Waals surface area contributed by atoms with E-state index in [0.29, 0.717) is 12.5 Å². The first-order valence-electron chi connectivity index (χ1n) is 10.4. The second kappa shape index (κ2) is 7.28. The summed E-state index contributed by atoms with van der Waals surface area (Å²) in [6, 6.07) is 6.32. The average molecular weight is 435 g/mol. The molecule has 1 aromatic carbocycles. The number of benzene rings is 1. The van der Waals surface area contributed by atoms with Crippen LogP contribution in [0, 0.1) is 0 Å². The Morgan fingerprint density at radius 2 is 2.19 bits per heavy atom. The third kappa shape index (κ3) is 3.16. The van der Waals surface area contributed by atoms with Crippen molar-refractivity contribution in [2.75, 3.05) is 13.7 Å². The molecular weight excluding hydrogens is 412 g/mol. The van der Waals surface area contributed by atoms with E-state index < -0.39 is 0 Å². The maximum absolute atomic E-state index is 5.84. The molecule has 0 N–H and O–H groups in total. The Morgan fingerprint density at radius 1 is 1.26 bits per heavy atom. The standard InChI is InChI=1S/C22H22N6O2S/c1-13-7-15(5-6-30-13)28-20(8-14-11-27-22(25-14)31-12-24-27)26-19-10-23-18-4-3-16(29-2)9-17(18)21(19)28/h3-4,9-13,15H,5-8H2,1-2H3/t13-,15-/m1/s1. The molecule has 1 aliphatic heterocycles. The van der Waals surface area contributed by atoms with Crippen LogP contribution in [0.4, 0.5) is 0 Å². The average Bonchev–Trinajstić information content (AvgIpc) is 3.46.